The van der Waals surface area contributed by atoms with Crippen molar-refractivity contribution < 1.29 is 13.9 Å². The van der Waals surface area contributed by atoms with Crippen molar-refractivity contribution in [1.29, 1.82) is 0 Å². The molecule has 0 saturated carbocycles. The Morgan fingerprint density at radius 1 is 1.33 bits per heavy atom. The SMILES string of the molecule is CNCc1cc2ccccc2nc1N(CCO)CC(F)F. The molecule has 0 radical (unpaired) electrons. The summed E-state index contributed by atoms with van der Waals surface area (Å²) in [6.07, 6.45) is -2.48. The van der Waals surface area contributed by atoms with Crippen LogP contribution in [0.1, 0.15) is 5.56 Å². The molecule has 6 heteroatoms. The van der Waals surface area contributed by atoms with Crippen molar-refractivity contribution >= 4 is 16.7 Å². The third-order valence-electron chi connectivity index (χ3n) is 3.18. The summed E-state index contributed by atoms with van der Waals surface area (Å²) in [4.78, 5) is 5.94. The predicted octanol–water partition coefficient (Wildman–Crippen LogP) is 2.02. The van der Waals surface area contributed by atoms with Crippen molar-refractivity contribution in [1.82, 2.24) is 10.3 Å². The standard InChI is InChI=1S/C15H19F2N3O/c1-18-9-12-8-11-4-2-3-5-13(11)19-15(12)20(6-7-21)10-14(16)17/h2-5,8,14,18,21H,6-7,9-10H2,1H3. The fraction of sp³-hybridized carbons (Fsp3) is 0.400. The summed E-state index contributed by atoms with van der Waals surface area (Å²) < 4.78 is 25.5. The van der Waals surface area contributed by atoms with Crippen molar-refractivity contribution in [3.63, 3.8) is 0 Å². The maximum Gasteiger partial charge on any atom is 0.255 e. The van der Waals surface area contributed by atoms with Crippen LogP contribution in [0.3, 0.4) is 0 Å². The molecule has 0 atom stereocenters. The minimum absolute atomic E-state index is 0.131. The van der Waals surface area contributed by atoms with Crippen molar-refractivity contribution in [3.8, 4) is 0 Å². The monoisotopic (exact) mass is 295 g/mol. The number of alkyl halides is 2. The summed E-state index contributed by atoms with van der Waals surface area (Å²) in [5, 5.41) is 13.1. The van der Waals surface area contributed by atoms with Gasteiger partial charge in [0.15, 0.2) is 0 Å². The van der Waals surface area contributed by atoms with Crippen LogP contribution in [0.15, 0.2) is 30.3 Å². The number of fused-ring (bicyclic) bond motifs is 1. The molecule has 0 aliphatic carbocycles. The maximum atomic E-state index is 12.8. The molecular formula is C15H19F2N3O. The van der Waals surface area contributed by atoms with E-state index in [-0.39, 0.29) is 13.2 Å². The van der Waals surface area contributed by atoms with Crippen LogP contribution in [0.5, 0.6) is 0 Å². The van der Waals surface area contributed by atoms with Gasteiger partial charge in [-0.05, 0) is 19.2 Å². The Balaban J connectivity index is 2.48. The molecule has 1 aromatic carbocycles. The number of aliphatic hydroxyl groups is 1. The molecule has 4 nitrogen and oxygen atoms in total. The number of aromatic nitrogens is 1. The molecule has 0 amide bonds. The third-order valence-corrected chi connectivity index (χ3v) is 3.18. The van der Waals surface area contributed by atoms with E-state index in [1.807, 2.05) is 30.3 Å². The summed E-state index contributed by atoms with van der Waals surface area (Å²) in [6.45, 7) is 0.0214. The second kappa shape index (κ2) is 7.28. The lowest BCUT2D eigenvalue weighted by atomic mass is 10.1. The van der Waals surface area contributed by atoms with Crippen LogP contribution in [0, 0.1) is 0 Å². The fourth-order valence-corrected chi connectivity index (χ4v) is 2.31. The zero-order chi connectivity index (χ0) is 15.2. The lowest BCUT2D eigenvalue weighted by molar-refractivity contribution is 0.152. The van der Waals surface area contributed by atoms with Gasteiger partial charge in [-0.25, -0.2) is 13.8 Å². The molecule has 0 fully saturated rings. The first kappa shape index (κ1) is 15.6. The Labute approximate surface area is 122 Å². The lowest BCUT2D eigenvalue weighted by Crippen LogP contribution is -2.33. The van der Waals surface area contributed by atoms with Crippen molar-refractivity contribution in [2.45, 2.75) is 13.0 Å². The average molecular weight is 295 g/mol. The molecule has 0 saturated heterocycles. The molecule has 2 rings (SSSR count). The highest BCUT2D eigenvalue weighted by Gasteiger charge is 2.17. The van der Waals surface area contributed by atoms with Crippen LogP contribution < -0.4 is 10.2 Å². The van der Waals surface area contributed by atoms with Gasteiger partial charge in [-0.1, -0.05) is 18.2 Å². The number of benzene rings is 1. The highest BCUT2D eigenvalue weighted by Crippen LogP contribution is 2.24. The molecule has 0 unspecified atom stereocenters. The van der Waals surface area contributed by atoms with Crippen LogP contribution in [0.4, 0.5) is 14.6 Å². The van der Waals surface area contributed by atoms with Gasteiger partial charge in [-0.3, -0.25) is 0 Å². The summed E-state index contributed by atoms with van der Waals surface area (Å²) in [6, 6.07) is 9.51. The molecule has 21 heavy (non-hydrogen) atoms. The topological polar surface area (TPSA) is 48.4 Å². The Morgan fingerprint density at radius 2 is 2.10 bits per heavy atom. The molecule has 0 aliphatic heterocycles. The Morgan fingerprint density at radius 3 is 2.76 bits per heavy atom. The molecule has 1 aromatic heterocycles. The number of hydrogen-bond acceptors (Lipinski definition) is 4. The Kier molecular flexibility index (Phi) is 5.41. The highest BCUT2D eigenvalue weighted by atomic mass is 19.3. The van der Waals surface area contributed by atoms with Gasteiger partial charge in [-0.15, -0.1) is 0 Å². The normalized spacial score (nSPS) is 11.3. The van der Waals surface area contributed by atoms with E-state index in [2.05, 4.69) is 10.3 Å². The van der Waals surface area contributed by atoms with E-state index in [0.717, 1.165) is 16.5 Å². The summed E-state index contributed by atoms with van der Waals surface area (Å²) in [5.74, 6) is 0.498. The number of pyridine rings is 1. The molecule has 2 N–H and O–H groups in total. The molecular weight excluding hydrogens is 276 g/mol. The zero-order valence-corrected chi connectivity index (χ0v) is 11.9. The fourth-order valence-electron chi connectivity index (χ4n) is 2.31. The summed E-state index contributed by atoms with van der Waals surface area (Å²) in [7, 11) is 1.79. The van der Waals surface area contributed by atoms with Gasteiger partial charge in [0, 0.05) is 24.0 Å². The number of halogens is 2. The van der Waals surface area contributed by atoms with Crippen LogP contribution >= 0.6 is 0 Å². The van der Waals surface area contributed by atoms with E-state index >= 15 is 0 Å². The van der Waals surface area contributed by atoms with Crippen LogP contribution in [-0.4, -0.2) is 43.3 Å². The van der Waals surface area contributed by atoms with Gasteiger partial charge in [0.05, 0.1) is 18.7 Å². The quantitative estimate of drug-likeness (QED) is 0.820. The number of rotatable bonds is 7. The van der Waals surface area contributed by atoms with Crippen molar-refractivity contribution in [3.05, 3.63) is 35.9 Å². The number of anilines is 1. The Bertz CT molecular complexity index is 592. The Hall–Kier alpha value is -1.79. The summed E-state index contributed by atoms with van der Waals surface area (Å²) >= 11 is 0. The molecule has 0 aliphatic rings. The minimum atomic E-state index is -2.48. The zero-order valence-electron chi connectivity index (χ0n) is 11.9. The van der Waals surface area contributed by atoms with Crippen LogP contribution in [-0.2, 0) is 6.54 Å². The van der Waals surface area contributed by atoms with Crippen molar-refractivity contribution in [2.75, 3.05) is 31.6 Å². The van der Waals surface area contributed by atoms with E-state index < -0.39 is 13.0 Å². The minimum Gasteiger partial charge on any atom is -0.395 e. The summed E-state index contributed by atoms with van der Waals surface area (Å²) in [5.41, 5.74) is 1.59. The lowest BCUT2D eigenvalue weighted by Gasteiger charge is -2.25. The van der Waals surface area contributed by atoms with Gasteiger partial charge in [0.2, 0.25) is 0 Å². The predicted molar refractivity (Wildman–Crippen MR) is 79.8 cm³/mol. The number of hydrogen-bond donors (Lipinski definition) is 2. The van der Waals surface area contributed by atoms with Gasteiger partial charge >= 0.3 is 0 Å². The largest absolute Gasteiger partial charge is 0.395 e. The first-order valence-electron chi connectivity index (χ1n) is 6.83. The number of aliphatic hydroxyl groups excluding tert-OH is 1. The molecule has 0 bridgehead atoms. The number of para-hydroxylation sites is 1. The first-order valence-corrected chi connectivity index (χ1v) is 6.83. The van der Waals surface area contributed by atoms with Crippen molar-refractivity contribution in [2.24, 2.45) is 0 Å². The molecule has 0 spiro atoms. The van der Waals surface area contributed by atoms with E-state index in [0.29, 0.717) is 12.4 Å². The van der Waals surface area contributed by atoms with E-state index in [1.165, 1.54) is 4.90 Å². The van der Waals surface area contributed by atoms with E-state index in [4.69, 9.17) is 5.11 Å². The molecule has 1 heterocycles. The molecule has 2 aromatic rings. The maximum absolute atomic E-state index is 12.8. The number of nitrogens with zero attached hydrogens (tertiary/aromatic N) is 2. The average Bonchev–Trinajstić information content (AvgIpc) is 2.46. The highest BCUT2D eigenvalue weighted by molar-refractivity contribution is 5.81. The molecule has 114 valence electrons. The number of nitrogens with one attached hydrogen (secondary N) is 1. The first-order chi connectivity index (χ1) is 10.2. The second-order valence-electron chi connectivity index (χ2n) is 4.75. The second-order valence-corrected chi connectivity index (χ2v) is 4.75. The smallest absolute Gasteiger partial charge is 0.255 e. The van der Waals surface area contributed by atoms with Gasteiger partial charge in [0.1, 0.15) is 5.82 Å². The van der Waals surface area contributed by atoms with Gasteiger partial charge < -0.3 is 15.3 Å². The van der Waals surface area contributed by atoms with E-state index in [1.54, 1.807) is 7.05 Å². The van der Waals surface area contributed by atoms with Gasteiger partial charge in [-0.2, -0.15) is 0 Å². The van der Waals surface area contributed by atoms with E-state index in [9.17, 15) is 8.78 Å². The van der Waals surface area contributed by atoms with Crippen LogP contribution in [0.25, 0.3) is 10.9 Å². The van der Waals surface area contributed by atoms with Crippen LogP contribution in [0.2, 0.25) is 0 Å². The van der Waals surface area contributed by atoms with Gasteiger partial charge in [0.25, 0.3) is 6.43 Å². The third kappa shape index (κ3) is 3.86.